The van der Waals surface area contributed by atoms with Crippen LogP contribution in [0.25, 0.3) is 0 Å². The maximum Gasteiger partial charge on any atom is 0.225 e. The van der Waals surface area contributed by atoms with Gasteiger partial charge in [0.1, 0.15) is 5.84 Å². The number of primary amides is 1. The van der Waals surface area contributed by atoms with Crippen LogP contribution in [-0.4, -0.2) is 18.5 Å². The van der Waals surface area contributed by atoms with Crippen molar-refractivity contribution in [3.63, 3.8) is 0 Å². The highest BCUT2D eigenvalue weighted by Crippen LogP contribution is 1.87. The molecule has 0 fully saturated rings. The van der Waals surface area contributed by atoms with Crippen LogP contribution in [0.15, 0.2) is 22.8 Å². The second-order valence-electron chi connectivity index (χ2n) is 1.53. The number of amidine groups is 1. The summed E-state index contributed by atoms with van der Waals surface area (Å²) >= 11 is 0. The van der Waals surface area contributed by atoms with E-state index >= 15 is 0 Å². The first-order valence-electron chi connectivity index (χ1n) is 2.63. The molecule has 0 aliphatic carbocycles. The van der Waals surface area contributed by atoms with E-state index in [4.69, 9.17) is 5.73 Å². The van der Waals surface area contributed by atoms with Crippen LogP contribution < -0.4 is 5.73 Å². The summed E-state index contributed by atoms with van der Waals surface area (Å²) in [4.78, 5) is 17.3. The molecule has 0 aromatic carbocycles. The molecule has 0 aromatic heterocycles. The Labute approximate surface area is 59.2 Å². The van der Waals surface area contributed by atoms with Gasteiger partial charge in [-0.3, -0.25) is 4.79 Å². The van der Waals surface area contributed by atoms with Crippen molar-refractivity contribution in [2.24, 2.45) is 15.7 Å². The van der Waals surface area contributed by atoms with Gasteiger partial charge in [0.2, 0.25) is 5.91 Å². The molecular weight excluding hydrogens is 130 g/mol. The van der Waals surface area contributed by atoms with Crippen molar-refractivity contribution in [2.75, 3.05) is 0 Å². The van der Waals surface area contributed by atoms with E-state index in [1.165, 1.54) is 6.20 Å². The molecule has 10 heavy (non-hydrogen) atoms. The summed E-state index contributed by atoms with van der Waals surface area (Å²) in [7, 11) is 0. The average molecular weight is 139 g/mol. The molecule has 0 aliphatic heterocycles. The summed E-state index contributed by atoms with van der Waals surface area (Å²) in [5.74, 6) is -0.185. The van der Waals surface area contributed by atoms with Gasteiger partial charge in [0.25, 0.3) is 0 Å². The van der Waals surface area contributed by atoms with Gasteiger partial charge in [0.15, 0.2) is 0 Å². The van der Waals surface area contributed by atoms with Crippen molar-refractivity contribution >= 4 is 18.5 Å². The second kappa shape index (κ2) is 4.43. The lowest BCUT2D eigenvalue weighted by atomic mass is 10.4. The molecule has 1 amide bonds. The number of nitrogens with two attached hydrogens (primary N) is 1. The molecule has 0 atom stereocenters. The number of amides is 1. The molecule has 0 bridgehead atoms. The van der Waals surface area contributed by atoms with Crippen LogP contribution in [0.1, 0.15) is 6.42 Å². The molecule has 0 saturated carbocycles. The SMILES string of the molecule is C=CN=C(CC(N)=O)N=C. The third-order valence-electron chi connectivity index (χ3n) is 0.755. The Morgan fingerprint density at radius 3 is 2.60 bits per heavy atom. The van der Waals surface area contributed by atoms with E-state index in [0.29, 0.717) is 5.84 Å². The minimum Gasteiger partial charge on any atom is -0.369 e. The zero-order chi connectivity index (χ0) is 7.98. The van der Waals surface area contributed by atoms with Crippen molar-refractivity contribution in [2.45, 2.75) is 6.42 Å². The summed E-state index contributed by atoms with van der Waals surface area (Å²) in [5, 5.41) is 0. The summed E-state index contributed by atoms with van der Waals surface area (Å²) in [6.45, 7) is 6.52. The number of rotatable bonds is 3. The van der Waals surface area contributed by atoms with Crippen LogP contribution in [0.4, 0.5) is 0 Å². The fourth-order valence-electron chi connectivity index (χ4n) is 0.404. The van der Waals surface area contributed by atoms with Gasteiger partial charge in [-0.25, -0.2) is 9.98 Å². The first kappa shape index (κ1) is 8.55. The number of carbonyl (C=O) groups excluding carboxylic acids is 1. The Hall–Kier alpha value is -1.45. The topological polar surface area (TPSA) is 67.8 Å². The Morgan fingerprint density at radius 1 is 1.70 bits per heavy atom. The molecule has 4 nitrogen and oxygen atoms in total. The number of hydrogen-bond donors (Lipinski definition) is 1. The van der Waals surface area contributed by atoms with E-state index in [2.05, 4.69) is 23.3 Å². The van der Waals surface area contributed by atoms with Gasteiger partial charge >= 0.3 is 0 Å². The molecule has 0 aliphatic rings. The zero-order valence-corrected chi connectivity index (χ0v) is 5.58. The van der Waals surface area contributed by atoms with Crippen molar-refractivity contribution in [1.29, 1.82) is 0 Å². The Bertz CT molecular complexity index is 183. The summed E-state index contributed by atoms with van der Waals surface area (Å²) < 4.78 is 0. The Morgan fingerprint density at radius 2 is 2.30 bits per heavy atom. The van der Waals surface area contributed by atoms with E-state index in [9.17, 15) is 4.79 Å². The highest BCUT2D eigenvalue weighted by Gasteiger charge is 1.98. The minimum atomic E-state index is -0.479. The van der Waals surface area contributed by atoms with E-state index < -0.39 is 5.91 Å². The first-order valence-corrected chi connectivity index (χ1v) is 2.63. The quantitative estimate of drug-likeness (QED) is 0.437. The lowest BCUT2D eigenvalue weighted by molar-refractivity contribution is -0.116. The fraction of sp³-hybridized carbons (Fsp3) is 0.167. The summed E-state index contributed by atoms with van der Waals surface area (Å²) in [6, 6.07) is 0. The van der Waals surface area contributed by atoms with Gasteiger partial charge in [-0.2, -0.15) is 0 Å². The Balaban J connectivity index is 4.08. The largest absolute Gasteiger partial charge is 0.369 e. The van der Waals surface area contributed by atoms with Crippen LogP contribution in [0.2, 0.25) is 0 Å². The van der Waals surface area contributed by atoms with Crippen molar-refractivity contribution in [3.05, 3.63) is 12.8 Å². The van der Waals surface area contributed by atoms with Crippen molar-refractivity contribution in [1.82, 2.24) is 0 Å². The van der Waals surface area contributed by atoms with Gasteiger partial charge in [0, 0.05) is 6.20 Å². The molecule has 4 heteroatoms. The van der Waals surface area contributed by atoms with Gasteiger partial charge in [-0.1, -0.05) is 6.58 Å². The van der Waals surface area contributed by atoms with E-state index in [0.717, 1.165) is 0 Å². The number of carbonyl (C=O) groups is 1. The van der Waals surface area contributed by atoms with Crippen LogP contribution >= 0.6 is 0 Å². The molecule has 0 rings (SSSR count). The Kier molecular flexibility index (Phi) is 3.79. The maximum atomic E-state index is 10.3. The van der Waals surface area contributed by atoms with Crippen LogP contribution in [0.3, 0.4) is 0 Å². The van der Waals surface area contributed by atoms with Crippen LogP contribution in [0.5, 0.6) is 0 Å². The van der Waals surface area contributed by atoms with Gasteiger partial charge in [-0.15, -0.1) is 0 Å². The lowest BCUT2D eigenvalue weighted by Gasteiger charge is -1.91. The molecular formula is C6H9N3O. The van der Waals surface area contributed by atoms with Gasteiger partial charge in [-0.05, 0) is 6.72 Å². The summed E-state index contributed by atoms with van der Waals surface area (Å²) in [6.07, 6.45) is 1.29. The second-order valence-corrected chi connectivity index (χ2v) is 1.53. The van der Waals surface area contributed by atoms with Crippen molar-refractivity contribution < 1.29 is 4.79 Å². The standard InChI is InChI=1S/C6H9N3O/c1-3-9-6(8-2)4-5(7)10/h3H,1-2,4H2,(H2,7,10). The van der Waals surface area contributed by atoms with Crippen LogP contribution in [0, 0.1) is 0 Å². The predicted octanol–water partition coefficient (Wildman–Crippen LogP) is 0.104. The van der Waals surface area contributed by atoms with Crippen LogP contribution in [-0.2, 0) is 4.79 Å². The number of hydrogen-bond acceptors (Lipinski definition) is 2. The van der Waals surface area contributed by atoms with Gasteiger partial charge in [0.05, 0.1) is 6.42 Å². The monoisotopic (exact) mass is 139 g/mol. The average Bonchev–Trinajstić information content (AvgIpc) is 1.86. The third kappa shape index (κ3) is 3.54. The molecule has 0 radical (unpaired) electrons. The molecule has 0 heterocycles. The van der Waals surface area contributed by atoms with E-state index in [-0.39, 0.29) is 6.42 Å². The first-order chi connectivity index (χ1) is 4.70. The molecule has 0 spiro atoms. The predicted molar refractivity (Wildman–Crippen MR) is 41.0 cm³/mol. The molecule has 0 saturated heterocycles. The van der Waals surface area contributed by atoms with Crippen molar-refractivity contribution in [3.8, 4) is 0 Å². The van der Waals surface area contributed by atoms with Gasteiger partial charge < -0.3 is 5.73 Å². The molecule has 2 N–H and O–H groups in total. The summed E-state index contributed by atoms with van der Waals surface area (Å²) in [5.41, 5.74) is 4.86. The van der Waals surface area contributed by atoms with E-state index in [1.54, 1.807) is 0 Å². The zero-order valence-electron chi connectivity index (χ0n) is 5.58. The third-order valence-corrected chi connectivity index (χ3v) is 0.755. The molecule has 0 unspecified atom stereocenters. The highest BCUT2D eigenvalue weighted by atomic mass is 16.1. The van der Waals surface area contributed by atoms with E-state index in [1.807, 2.05) is 0 Å². The lowest BCUT2D eigenvalue weighted by Crippen LogP contribution is -2.14. The maximum absolute atomic E-state index is 10.3. The number of aliphatic imine (C=N–C) groups is 2. The smallest absolute Gasteiger partial charge is 0.225 e. The molecule has 54 valence electrons. The fourth-order valence-corrected chi connectivity index (χ4v) is 0.404. The number of nitrogens with zero attached hydrogens (tertiary/aromatic N) is 2. The normalized spacial score (nSPS) is 10.6. The minimum absolute atomic E-state index is 0.00944. The highest BCUT2D eigenvalue weighted by molar-refractivity contribution is 6.01. The molecule has 0 aromatic rings.